The molecule has 116 valence electrons. The average Bonchev–Trinajstić information content (AvgIpc) is 2.68. The molecular formula is C19H28O2. The Morgan fingerprint density at radius 3 is 1.19 bits per heavy atom. The van der Waals surface area contributed by atoms with Crippen LogP contribution in [0, 0.1) is 34.6 Å². The quantitative estimate of drug-likeness (QED) is 0.662. The summed E-state index contributed by atoms with van der Waals surface area (Å²) in [6.45, 7) is 16.2. The molecule has 2 rings (SSSR count). The topological polar surface area (TPSA) is 40.5 Å². The number of aliphatic hydroxyl groups excluding tert-OH is 1. The lowest BCUT2D eigenvalue weighted by molar-refractivity contribution is 0.397. The summed E-state index contributed by atoms with van der Waals surface area (Å²) in [5, 5.41) is 18.9. The zero-order chi connectivity index (χ0) is 16.5. The van der Waals surface area contributed by atoms with E-state index in [0.29, 0.717) is 11.5 Å². The van der Waals surface area contributed by atoms with Crippen molar-refractivity contribution in [2.24, 2.45) is 0 Å². The van der Waals surface area contributed by atoms with Crippen molar-refractivity contribution in [3.8, 4) is 5.75 Å². The molecule has 0 fully saturated rings. The highest BCUT2D eigenvalue weighted by Gasteiger charge is 2.13. The first kappa shape index (κ1) is 17.4. The lowest BCUT2D eigenvalue weighted by atomic mass is 9.94. The Balaban J connectivity index is 0.000000219. The minimum Gasteiger partial charge on any atom is -0.512 e. The highest BCUT2D eigenvalue weighted by molar-refractivity contribution is 5.52. The van der Waals surface area contributed by atoms with Gasteiger partial charge in [-0.2, -0.15) is 0 Å². The van der Waals surface area contributed by atoms with Crippen LogP contribution in [0.1, 0.15) is 55.0 Å². The van der Waals surface area contributed by atoms with E-state index in [0.717, 1.165) is 23.1 Å². The molecule has 0 radical (unpaired) electrons. The van der Waals surface area contributed by atoms with E-state index in [2.05, 4.69) is 27.7 Å². The fourth-order valence-corrected chi connectivity index (χ4v) is 2.53. The lowest BCUT2D eigenvalue weighted by Gasteiger charge is -2.13. The smallest absolute Gasteiger partial charge is 0.121 e. The molecule has 1 aromatic carbocycles. The Bertz CT molecular complexity index is 504. The molecule has 0 saturated heterocycles. The van der Waals surface area contributed by atoms with Crippen LogP contribution in [-0.2, 0) is 0 Å². The van der Waals surface area contributed by atoms with Gasteiger partial charge in [-0.05, 0) is 94.4 Å². The van der Waals surface area contributed by atoms with E-state index >= 15 is 0 Å². The lowest BCUT2D eigenvalue weighted by Crippen LogP contribution is -1.95. The molecule has 2 N–H and O–H groups in total. The SMILES string of the molecule is CC1=C(C)C(C)=C(O)C1.Cc1c(C)c(C)c(O)c(C)c1C. The van der Waals surface area contributed by atoms with Gasteiger partial charge in [0.2, 0.25) is 0 Å². The number of phenols is 1. The predicted octanol–water partition coefficient (Wildman–Crippen LogP) is 5.49. The van der Waals surface area contributed by atoms with Crippen molar-refractivity contribution in [3.05, 3.63) is 50.3 Å². The number of aromatic hydroxyl groups is 1. The Morgan fingerprint density at radius 1 is 0.571 bits per heavy atom. The van der Waals surface area contributed by atoms with E-state index in [1.54, 1.807) is 0 Å². The van der Waals surface area contributed by atoms with Crippen molar-refractivity contribution in [2.45, 2.75) is 61.8 Å². The third-order valence-corrected chi connectivity index (χ3v) is 5.03. The number of rotatable bonds is 0. The molecule has 0 atom stereocenters. The third-order valence-electron chi connectivity index (χ3n) is 5.03. The molecule has 0 aliphatic heterocycles. The van der Waals surface area contributed by atoms with Gasteiger partial charge in [-0.15, -0.1) is 0 Å². The number of hydrogen-bond acceptors (Lipinski definition) is 2. The number of phenolic OH excluding ortho intramolecular Hbond substituents is 1. The van der Waals surface area contributed by atoms with Crippen LogP contribution in [0.2, 0.25) is 0 Å². The summed E-state index contributed by atoms with van der Waals surface area (Å²) >= 11 is 0. The zero-order valence-electron chi connectivity index (χ0n) is 14.6. The normalized spacial score (nSPS) is 14.5. The van der Waals surface area contributed by atoms with Crippen molar-refractivity contribution < 1.29 is 10.2 Å². The molecule has 2 heteroatoms. The fourth-order valence-electron chi connectivity index (χ4n) is 2.53. The second-order valence-corrected chi connectivity index (χ2v) is 6.13. The van der Waals surface area contributed by atoms with E-state index in [-0.39, 0.29) is 0 Å². The van der Waals surface area contributed by atoms with E-state index in [9.17, 15) is 10.2 Å². The molecule has 0 saturated carbocycles. The largest absolute Gasteiger partial charge is 0.512 e. The van der Waals surface area contributed by atoms with Crippen molar-refractivity contribution in [1.82, 2.24) is 0 Å². The summed E-state index contributed by atoms with van der Waals surface area (Å²) in [5.41, 5.74) is 9.34. The molecule has 0 aromatic heterocycles. The summed E-state index contributed by atoms with van der Waals surface area (Å²) in [7, 11) is 0. The number of aliphatic hydroxyl groups is 1. The van der Waals surface area contributed by atoms with Gasteiger partial charge in [0.25, 0.3) is 0 Å². The highest BCUT2D eigenvalue weighted by Crippen LogP contribution is 2.30. The van der Waals surface area contributed by atoms with Gasteiger partial charge in [-0.3, -0.25) is 0 Å². The molecule has 0 amide bonds. The number of allylic oxidation sites excluding steroid dienone is 3. The summed E-state index contributed by atoms with van der Waals surface area (Å²) in [5.74, 6) is 1.00. The van der Waals surface area contributed by atoms with Crippen LogP contribution in [0.4, 0.5) is 0 Å². The van der Waals surface area contributed by atoms with Gasteiger partial charge in [0.1, 0.15) is 5.75 Å². The van der Waals surface area contributed by atoms with Crippen LogP contribution in [0.25, 0.3) is 0 Å². The van der Waals surface area contributed by atoms with Crippen LogP contribution >= 0.6 is 0 Å². The molecule has 0 heterocycles. The first-order valence-corrected chi connectivity index (χ1v) is 7.40. The number of benzene rings is 1. The highest BCUT2D eigenvalue weighted by atomic mass is 16.3. The maximum absolute atomic E-state index is 9.69. The Labute approximate surface area is 128 Å². The maximum Gasteiger partial charge on any atom is 0.121 e. The molecule has 0 unspecified atom stereocenters. The molecule has 1 aromatic rings. The minimum absolute atomic E-state index is 0.454. The number of hydrogen-bond donors (Lipinski definition) is 2. The first-order chi connectivity index (χ1) is 9.59. The fraction of sp³-hybridized carbons (Fsp3) is 0.474. The van der Waals surface area contributed by atoms with Crippen LogP contribution < -0.4 is 0 Å². The predicted molar refractivity (Wildman–Crippen MR) is 90.1 cm³/mol. The summed E-state index contributed by atoms with van der Waals surface area (Å²) in [6.07, 6.45) is 0.762. The van der Waals surface area contributed by atoms with E-state index < -0.39 is 0 Å². The van der Waals surface area contributed by atoms with Gasteiger partial charge in [0, 0.05) is 6.42 Å². The summed E-state index contributed by atoms with van der Waals surface area (Å²) in [4.78, 5) is 0. The van der Waals surface area contributed by atoms with E-state index in [1.165, 1.54) is 27.8 Å². The molecule has 0 bridgehead atoms. The average molecular weight is 288 g/mol. The van der Waals surface area contributed by atoms with Gasteiger partial charge < -0.3 is 10.2 Å². The third kappa shape index (κ3) is 3.31. The molecule has 1 aliphatic carbocycles. The van der Waals surface area contributed by atoms with Crippen molar-refractivity contribution >= 4 is 0 Å². The van der Waals surface area contributed by atoms with Gasteiger partial charge in [0.05, 0.1) is 5.76 Å². The van der Waals surface area contributed by atoms with Gasteiger partial charge in [0.15, 0.2) is 0 Å². The van der Waals surface area contributed by atoms with Crippen molar-refractivity contribution in [1.29, 1.82) is 0 Å². The van der Waals surface area contributed by atoms with Crippen LogP contribution in [0.5, 0.6) is 5.75 Å². The summed E-state index contributed by atoms with van der Waals surface area (Å²) < 4.78 is 0. The second-order valence-electron chi connectivity index (χ2n) is 6.13. The molecular weight excluding hydrogens is 260 g/mol. The van der Waals surface area contributed by atoms with Crippen molar-refractivity contribution in [2.75, 3.05) is 0 Å². The van der Waals surface area contributed by atoms with Crippen molar-refractivity contribution in [3.63, 3.8) is 0 Å². The second kappa shape index (κ2) is 6.38. The monoisotopic (exact) mass is 288 g/mol. The summed E-state index contributed by atoms with van der Waals surface area (Å²) in [6, 6.07) is 0. The molecule has 21 heavy (non-hydrogen) atoms. The first-order valence-electron chi connectivity index (χ1n) is 7.40. The molecule has 1 aliphatic rings. The minimum atomic E-state index is 0.454. The van der Waals surface area contributed by atoms with Gasteiger partial charge in [-0.25, -0.2) is 0 Å². The Kier molecular flexibility index (Phi) is 5.27. The molecule has 0 spiro atoms. The van der Waals surface area contributed by atoms with Gasteiger partial charge >= 0.3 is 0 Å². The standard InChI is InChI=1S/C11H16O.C8H12O/c1-6-7(2)9(4)11(12)10(5)8(6)3;1-5-4-8(9)7(3)6(5)2/h12H,1-5H3;9H,4H2,1-3H3. The Hall–Kier alpha value is -1.70. The zero-order valence-corrected chi connectivity index (χ0v) is 14.6. The van der Waals surface area contributed by atoms with Gasteiger partial charge in [-0.1, -0.05) is 5.57 Å². The van der Waals surface area contributed by atoms with Crippen LogP contribution in [-0.4, -0.2) is 10.2 Å². The van der Waals surface area contributed by atoms with Crippen LogP contribution in [0.15, 0.2) is 22.5 Å². The van der Waals surface area contributed by atoms with E-state index in [4.69, 9.17) is 0 Å². The van der Waals surface area contributed by atoms with E-state index in [1.807, 2.05) is 27.7 Å². The molecule has 2 nitrogen and oxygen atoms in total. The maximum atomic E-state index is 9.69. The van der Waals surface area contributed by atoms with Crippen LogP contribution in [0.3, 0.4) is 0 Å². The Morgan fingerprint density at radius 2 is 0.952 bits per heavy atom.